The Hall–Kier alpha value is -1.06. The van der Waals surface area contributed by atoms with E-state index in [1.807, 2.05) is 6.92 Å². The van der Waals surface area contributed by atoms with Gasteiger partial charge in [-0.1, -0.05) is 5.57 Å². The molecule has 0 unspecified atom stereocenters. The van der Waals surface area contributed by atoms with Gasteiger partial charge in [0, 0.05) is 26.2 Å². The Morgan fingerprint density at radius 3 is 2.61 bits per heavy atom. The molecule has 1 N–H and O–H groups in total. The zero-order valence-corrected chi connectivity index (χ0v) is 11.8. The van der Waals surface area contributed by atoms with E-state index in [-0.39, 0.29) is 0 Å². The maximum absolute atomic E-state index is 5.93. The van der Waals surface area contributed by atoms with Crippen molar-refractivity contribution in [2.24, 2.45) is 0 Å². The Bertz CT molecular complexity index is 397. The number of nitrogens with one attached hydrogen (secondary N) is 1. The number of hydrogen-bond donors (Lipinski definition) is 1. The van der Waals surface area contributed by atoms with Gasteiger partial charge in [0.1, 0.15) is 11.5 Å². The number of nitrogens with zero attached hydrogens (tertiary/aromatic N) is 1. The van der Waals surface area contributed by atoms with Gasteiger partial charge in [0.05, 0.1) is 6.04 Å². The molecule has 18 heavy (non-hydrogen) atoms. The van der Waals surface area contributed by atoms with E-state index < -0.39 is 0 Å². The summed E-state index contributed by atoms with van der Waals surface area (Å²) in [6.45, 7) is 14.6. The van der Waals surface area contributed by atoms with Crippen LogP contribution in [0, 0.1) is 13.8 Å². The maximum atomic E-state index is 5.93. The number of piperazine rings is 1. The lowest BCUT2D eigenvalue weighted by Crippen LogP contribution is -2.45. The standard InChI is InChI=1S/C15H24N2O/c1-11(2)9-14(17-7-5-16-6-8-17)15-10-12(3)13(4)18-15/h10,14,16H,1,5-9H2,2-4H3/t14-/m1/s1. The Kier molecular flexibility index (Phi) is 4.25. The van der Waals surface area contributed by atoms with Crippen molar-refractivity contribution >= 4 is 0 Å². The molecular formula is C15H24N2O. The molecule has 1 aromatic heterocycles. The van der Waals surface area contributed by atoms with Gasteiger partial charge in [0.25, 0.3) is 0 Å². The summed E-state index contributed by atoms with van der Waals surface area (Å²) in [5, 5.41) is 3.40. The summed E-state index contributed by atoms with van der Waals surface area (Å²) in [4.78, 5) is 2.50. The van der Waals surface area contributed by atoms with Gasteiger partial charge in [0.15, 0.2) is 0 Å². The molecule has 100 valence electrons. The monoisotopic (exact) mass is 248 g/mol. The smallest absolute Gasteiger partial charge is 0.121 e. The highest BCUT2D eigenvalue weighted by atomic mass is 16.3. The Balaban J connectivity index is 2.20. The molecule has 2 heterocycles. The van der Waals surface area contributed by atoms with E-state index >= 15 is 0 Å². The summed E-state index contributed by atoms with van der Waals surface area (Å²) >= 11 is 0. The second-order valence-electron chi connectivity index (χ2n) is 5.35. The molecule has 0 saturated carbocycles. The van der Waals surface area contributed by atoms with Crippen molar-refractivity contribution in [3.05, 3.63) is 35.3 Å². The van der Waals surface area contributed by atoms with Crippen LogP contribution in [0.2, 0.25) is 0 Å². The largest absolute Gasteiger partial charge is 0.464 e. The molecule has 1 atom stereocenters. The lowest BCUT2D eigenvalue weighted by Gasteiger charge is -2.34. The summed E-state index contributed by atoms with van der Waals surface area (Å²) in [5.41, 5.74) is 2.46. The van der Waals surface area contributed by atoms with Crippen molar-refractivity contribution in [1.82, 2.24) is 10.2 Å². The zero-order valence-electron chi connectivity index (χ0n) is 11.8. The summed E-state index contributed by atoms with van der Waals surface area (Å²) in [7, 11) is 0. The van der Waals surface area contributed by atoms with Gasteiger partial charge in [-0.3, -0.25) is 4.90 Å². The fourth-order valence-electron chi connectivity index (χ4n) is 2.50. The molecule has 1 fully saturated rings. The van der Waals surface area contributed by atoms with Gasteiger partial charge >= 0.3 is 0 Å². The highest BCUT2D eigenvalue weighted by Crippen LogP contribution is 2.30. The van der Waals surface area contributed by atoms with Gasteiger partial charge in [-0.2, -0.15) is 0 Å². The highest BCUT2D eigenvalue weighted by molar-refractivity contribution is 5.22. The number of rotatable bonds is 4. The third-order valence-corrected chi connectivity index (χ3v) is 3.65. The molecule has 1 aromatic rings. The zero-order chi connectivity index (χ0) is 13.1. The number of hydrogen-bond acceptors (Lipinski definition) is 3. The van der Waals surface area contributed by atoms with E-state index in [9.17, 15) is 0 Å². The lowest BCUT2D eigenvalue weighted by atomic mass is 10.0. The second kappa shape index (κ2) is 5.72. The van der Waals surface area contributed by atoms with E-state index in [4.69, 9.17) is 4.42 Å². The Morgan fingerprint density at radius 1 is 1.44 bits per heavy atom. The predicted molar refractivity (Wildman–Crippen MR) is 74.8 cm³/mol. The number of furan rings is 1. The summed E-state index contributed by atoms with van der Waals surface area (Å²) < 4.78 is 5.93. The van der Waals surface area contributed by atoms with Crippen LogP contribution in [0.3, 0.4) is 0 Å². The molecule has 0 amide bonds. The first-order valence-corrected chi connectivity index (χ1v) is 6.74. The molecule has 3 heteroatoms. The van der Waals surface area contributed by atoms with E-state index in [0.717, 1.165) is 44.1 Å². The van der Waals surface area contributed by atoms with E-state index in [0.29, 0.717) is 6.04 Å². The van der Waals surface area contributed by atoms with Gasteiger partial charge in [-0.05, 0) is 38.8 Å². The van der Waals surface area contributed by atoms with Crippen molar-refractivity contribution < 1.29 is 4.42 Å². The second-order valence-corrected chi connectivity index (χ2v) is 5.35. The average molecular weight is 248 g/mol. The molecular weight excluding hydrogens is 224 g/mol. The molecule has 1 aliphatic heterocycles. The van der Waals surface area contributed by atoms with Crippen LogP contribution < -0.4 is 5.32 Å². The van der Waals surface area contributed by atoms with Crippen molar-refractivity contribution in [3.8, 4) is 0 Å². The minimum Gasteiger partial charge on any atom is -0.464 e. The fourth-order valence-corrected chi connectivity index (χ4v) is 2.50. The minimum atomic E-state index is 0.344. The van der Waals surface area contributed by atoms with Crippen LogP contribution in [-0.4, -0.2) is 31.1 Å². The summed E-state index contributed by atoms with van der Waals surface area (Å²) in [6.07, 6.45) is 0.979. The van der Waals surface area contributed by atoms with Crippen LogP contribution in [0.4, 0.5) is 0 Å². The van der Waals surface area contributed by atoms with Crippen LogP contribution in [-0.2, 0) is 0 Å². The topological polar surface area (TPSA) is 28.4 Å². The Labute approximate surface area is 110 Å². The maximum Gasteiger partial charge on any atom is 0.121 e. The van der Waals surface area contributed by atoms with Crippen LogP contribution in [0.1, 0.15) is 36.5 Å². The van der Waals surface area contributed by atoms with Crippen molar-refractivity contribution in [2.45, 2.75) is 33.2 Å². The molecule has 0 aromatic carbocycles. The molecule has 0 bridgehead atoms. The third-order valence-electron chi connectivity index (χ3n) is 3.65. The van der Waals surface area contributed by atoms with Crippen LogP contribution in [0.15, 0.2) is 22.6 Å². The molecule has 2 rings (SSSR count). The molecule has 0 spiro atoms. The van der Waals surface area contributed by atoms with E-state index in [2.05, 4.69) is 36.7 Å². The molecule has 0 aliphatic carbocycles. The fraction of sp³-hybridized carbons (Fsp3) is 0.600. The summed E-state index contributed by atoms with van der Waals surface area (Å²) in [5.74, 6) is 2.13. The highest BCUT2D eigenvalue weighted by Gasteiger charge is 2.25. The average Bonchev–Trinajstić information content (AvgIpc) is 2.67. The van der Waals surface area contributed by atoms with Gasteiger partial charge in [0.2, 0.25) is 0 Å². The normalized spacial score (nSPS) is 18.8. The van der Waals surface area contributed by atoms with Gasteiger partial charge in [-0.15, -0.1) is 6.58 Å². The third kappa shape index (κ3) is 3.03. The first-order valence-electron chi connectivity index (χ1n) is 6.74. The van der Waals surface area contributed by atoms with Crippen molar-refractivity contribution in [3.63, 3.8) is 0 Å². The lowest BCUT2D eigenvalue weighted by molar-refractivity contribution is 0.152. The van der Waals surface area contributed by atoms with Crippen LogP contribution in [0.5, 0.6) is 0 Å². The first-order chi connectivity index (χ1) is 8.58. The quantitative estimate of drug-likeness (QED) is 0.831. The molecule has 1 aliphatic rings. The van der Waals surface area contributed by atoms with Crippen LogP contribution in [0.25, 0.3) is 0 Å². The first kappa shape index (κ1) is 13.4. The Morgan fingerprint density at radius 2 is 2.11 bits per heavy atom. The molecule has 0 radical (unpaired) electrons. The SMILES string of the molecule is C=C(C)C[C@H](c1cc(C)c(C)o1)N1CCNCC1. The molecule has 1 saturated heterocycles. The molecule has 3 nitrogen and oxygen atoms in total. The van der Waals surface area contributed by atoms with Gasteiger partial charge < -0.3 is 9.73 Å². The number of aryl methyl sites for hydroxylation is 2. The predicted octanol–water partition coefficient (Wildman–Crippen LogP) is 2.81. The summed E-state index contributed by atoms with van der Waals surface area (Å²) in [6, 6.07) is 2.53. The van der Waals surface area contributed by atoms with E-state index in [1.54, 1.807) is 0 Å². The minimum absolute atomic E-state index is 0.344. The van der Waals surface area contributed by atoms with Crippen molar-refractivity contribution in [1.29, 1.82) is 0 Å². The van der Waals surface area contributed by atoms with Crippen molar-refractivity contribution in [2.75, 3.05) is 26.2 Å². The van der Waals surface area contributed by atoms with Gasteiger partial charge in [-0.25, -0.2) is 0 Å². The van der Waals surface area contributed by atoms with Crippen LogP contribution >= 0.6 is 0 Å². The van der Waals surface area contributed by atoms with E-state index in [1.165, 1.54) is 11.1 Å².